The third kappa shape index (κ3) is 11.8. The average molecular weight is 489 g/mol. The van der Waals surface area contributed by atoms with Crippen LogP contribution in [0.3, 0.4) is 0 Å². The zero-order valence-corrected chi connectivity index (χ0v) is 18.8. The van der Waals surface area contributed by atoms with E-state index >= 15 is 0 Å². The van der Waals surface area contributed by atoms with E-state index in [2.05, 4.69) is 10.6 Å². The highest BCUT2D eigenvalue weighted by molar-refractivity contribution is 5.95. The number of amides is 4. The Morgan fingerprint density at radius 1 is 0.706 bits per heavy atom. The number of rotatable bonds is 16. The molecule has 0 aliphatic heterocycles. The zero-order chi connectivity index (χ0) is 26.6. The maximum Gasteiger partial charge on any atom is 0.326 e. The standard InChI is InChI=1S/C19H31N5O10/c1-8(2)15(21)18(32)22-9(3-5-12(20)25)16(30)24-11(7-14(28)29)17(31)23-10(19(33)34)4-6-13(26)27/h8-11,15H,3-7,21H2,1-2H3,(H2,20,25)(H,22,32)(H,23,31)(H,24,30)(H,26,27)(H,28,29)(H,33,34). The van der Waals surface area contributed by atoms with Gasteiger partial charge in [0.25, 0.3) is 0 Å². The first-order valence-corrected chi connectivity index (χ1v) is 10.3. The molecule has 0 fully saturated rings. The number of carboxylic acid groups (broad SMARTS) is 3. The number of hydrogen-bond donors (Lipinski definition) is 8. The van der Waals surface area contributed by atoms with Gasteiger partial charge in [-0.15, -0.1) is 0 Å². The van der Waals surface area contributed by atoms with Gasteiger partial charge in [0, 0.05) is 12.8 Å². The highest BCUT2D eigenvalue weighted by Crippen LogP contribution is 2.05. The van der Waals surface area contributed by atoms with Crippen molar-refractivity contribution in [2.75, 3.05) is 0 Å². The topological polar surface area (TPSA) is 268 Å². The molecule has 0 aliphatic carbocycles. The largest absolute Gasteiger partial charge is 0.481 e. The lowest BCUT2D eigenvalue weighted by Crippen LogP contribution is -2.58. The first kappa shape index (κ1) is 30.2. The number of carbonyl (C=O) groups is 7. The predicted molar refractivity (Wildman–Crippen MR) is 114 cm³/mol. The van der Waals surface area contributed by atoms with E-state index in [1.807, 2.05) is 5.32 Å². The van der Waals surface area contributed by atoms with Crippen molar-refractivity contribution in [1.82, 2.24) is 16.0 Å². The van der Waals surface area contributed by atoms with Gasteiger partial charge in [0.2, 0.25) is 23.6 Å². The predicted octanol–water partition coefficient (Wildman–Crippen LogP) is -2.89. The summed E-state index contributed by atoms with van der Waals surface area (Å²) in [5, 5.41) is 33.4. The summed E-state index contributed by atoms with van der Waals surface area (Å²) in [5.41, 5.74) is 10.8. The summed E-state index contributed by atoms with van der Waals surface area (Å²) < 4.78 is 0. The maximum atomic E-state index is 12.7. The minimum atomic E-state index is -1.77. The summed E-state index contributed by atoms with van der Waals surface area (Å²) >= 11 is 0. The molecule has 0 aromatic heterocycles. The molecular weight excluding hydrogens is 458 g/mol. The molecule has 0 spiro atoms. The first-order valence-electron chi connectivity index (χ1n) is 10.3. The van der Waals surface area contributed by atoms with Crippen molar-refractivity contribution in [2.45, 2.75) is 70.1 Å². The van der Waals surface area contributed by atoms with Crippen LogP contribution in [-0.4, -0.2) is 81.0 Å². The molecule has 0 radical (unpaired) electrons. The molecule has 34 heavy (non-hydrogen) atoms. The van der Waals surface area contributed by atoms with Crippen molar-refractivity contribution >= 4 is 41.5 Å². The van der Waals surface area contributed by atoms with E-state index in [4.69, 9.17) is 21.7 Å². The van der Waals surface area contributed by atoms with Crippen LogP contribution in [0.1, 0.15) is 46.0 Å². The maximum absolute atomic E-state index is 12.7. The molecular formula is C19H31N5O10. The van der Waals surface area contributed by atoms with Crippen LogP contribution in [0.4, 0.5) is 0 Å². The van der Waals surface area contributed by atoms with E-state index in [1.54, 1.807) is 13.8 Å². The molecule has 15 heteroatoms. The second-order valence-electron chi connectivity index (χ2n) is 7.83. The molecule has 0 bridgehead atoms. The Labute approximate surface area is 194 Å². The van der Waals surface area contributed by atoms with Gasteiger partial charge in [0.05, 0.1) is 12.5 Å². The Hall–Kier alpha value is -3.75. The minimum absolute atomic E-state index is 0.282. The van der Waals surface area contributed by atoms with E-state index in [9.17, 15) is 38.7 Å². The van der Waals surface area contributed by atoms with Crippen LogP contribution in [0.15, 0.2) is 0 Å². The third-order valence-corrected chi connectivity index (χ3v) is 4.61. The Balaban J connectivity index is 5.59. The Morgan fingerprint density at radius 3 is 1.62 bits per heavy atom. The van der Waals surface area contributed by atoms with E-state index < -0.39 is 85.0 Å². The monoisotopic (exact) mass is 489 g/mol. The molecule has 0 aliphatic rings. The Kier molecular flexibility index (Phi) is 12.8. The summed E-state index contributed by atoms with van der Waals surface area (Å²) in [6.07, 6.45) is -2.65. The van der Waals surface area contributed by atoms with Gasteiger partial charge in [-0.05, 0) is 18.8 Å². The van der Waals surface area contributed by atoms with E-state index in [-0.39, 0.29) is 18.8 Å². The fraction of sp³-hybridized carbons (Fsp3) is 0.632. The molecule has 0 aromatic carbocycles. The van der Waals surface area contributed by atoms with E-state index in [1.165, 1.54) is 0 Å². The number of hydrogen-bond acceptors (Lipinski definition) is 8. The molecule has 4 amide bonds. The highest BCUT2D eigenvalue weighted by Gasteiger charge is 2.32. The Morgan fingerprint density at radius 2 is 1.18 bits per heavy atom. The van der Waals surface area contributed by atoms with Gasteiger partial charge in [-0.2, -0.15) is 0 Å². The quantitative estimate of drug-likeness (QED) is 0.109. The van der Waals surface area contributed by atoms with Gasteiger partial charge in [-0.3, -0.25) is 28.8 Å². The van der Waals surface area contributed by atoms with Gasteiger partial charge in [-0.1, -0.05) is 13.8 Å². The lowest BCUT2D eigenvalue weighted by Gasteiger charge is -2.25. The molecule has 0 saturated carbocycles. The van der Waals surface area contributed by atoms with Crippen LogP contribution < -0.4 is 27.4 Å². The van der Waals surface area contributed by atoms with Crippen molar-refractivity contribution in [2.24, 2.45) is 17.4 Å². The van der Waals surface area contributed by atoms with E-state index in [0.29, 0.717) is 0 Å². The number of carboxylic acids is 3. The van der Waals surface area contributed by atoms with Crippen LogP contribution in [0, 0.1) is 5.92 Å². The van der Waals surface area contributed by atoms with Crippen LogP contribution in [0.5, 0.6) is 0 Å². The van der Waals surface area contributed by atoms with Gasteiger partial charge in [0.15, 0.2) is 0 Å². The average Bonchev–Trinajstić information content (AvgIpc) is 2.71. The van der Waals surface area contributed by atoms with Gasteiger partial charge in [0.1, 0.15) is 18.1 Å². The molecule has 0 aromatic rings. The normalized spacial score (nSPS) is 14.2. The summed E-state index contributed by atoms with van der Waals surface area (Å²) in [6.45, 7) is 3.30. The molecule has 0 saturated heterocycles. The number of primary amides is 1. The smallest absolute Gasteiger partial charge is 0.326 e. The molecule has 0 rings (SSSR count). The summed E-state index contributed by atoms with van der Waals surface area (Å²) in [4.78, 5) is 81.8. The van der Waals surface area contributed by atoms with Crippen LogP contribution >= 0.6 is 0 Å². The second-order valence-corrected chi connectivity index (χ2v) is 7.83. The molecule has 4 atom stereocenters. The first-order chi connectivity index (χ1) is 15.6. The summed E-state index contributed by atoms with van der Waals surface area (Å²) in [5.74, 6) is -8.47. The lowest BCUT2D eigenvalue weighted by atomic mass is 10.0. The van der Waals surface area contributed by atoms with Crippen LogP contribution in [0.2, 0.25) is 0 Å². The summed E-state index contributed by atoms with van der Waals surface area (Å²) in [7, 11) is 0. The van der Waals surface area contributed by atoms with Crippen LogP contribution in [-0.2, 0) is 33.6 Å². The lowest BCUT2D eigenvalue weighted by molar-refractivity contribution is -0.144. The van der Waals surface area contributed by atoms with Crippen molar-refractivity contribution < 1.29 is 48.9 Å². The van der Waals surface area contributed by atoms with Crippen LogP contribution in [0.25, 0.3) is 0 Å². The molecule has 15 nitrogen and oxygen atoms in total. The van der Waals surface area contributed by atoms with Crippen molar-refractivity contribution in [3.05, 3.63) is 0 Å². The van der Waals surface area contributed by atoms with E-state index in [0.717, 1.165) is 0 Å². The van der Waals surface area contributed by atoms with Gasteiger partial charge < -0.3 is 42.7 Å². The minimum Gasteiger partial charge on any atom is -0.481 e. The van der Waals surface area contributed by atoms with Crippen molar-refractivity contribution in [3.8, 4) is 0 Å². The SMILES string of the molecule is CC(C)C(N)C(=O)NC(CCC(N)=O)C(=O)NC(CC(=O)O)C(=O)NC(CCC(=O)O)C(=O)O. The number of aliphatic carboxylic acids is 3. The number of carbonyl (C=O) groups excluding carboxylic acids is 4. The molecule has 10 N–H and O–H groups in total. The fourth-order valence-electron chi connectivity index (χ4n) is 2.58. The second kappa shape index (κ2) is 14.4. The van der Waals surface area contributed by atoms with Gasteiger partial charge >= 0.3 is 17.9 Å². The number of nitrogens with two attached hydrogens (primary N) is 2. The molecule has 192 valence electrons. The molecule has 4 unspecified atom stereocenters. The molecule has 0 heterocycles. The third-order valence-electron chi connectivity index (χ3n) is 4.61. The van der Waals surface area contributed by atoms with Gasteiger partial charge in [-0.25, -0.2) is 4.79 Å². The highest BCUT2D eigenvalue weighted by atomic mass is 16.4. The number of nitrogens with one attached hydrogen (secondary N) is 3. The van der Waals surface area contributed by atoms with Crippen molar-refractivity contribution in [3.63, 3.8) is 0 Å². The Bertz CT molecular complexity index is 800. The zero-order valence-electron chi connectivity index (χ0n) is 18.8. The fourth-order valence-corrected chi connectivity index (χ4v) is 2.58. The van der Waals surface area contributed by atoms with Crippen molar-refractivity contribution in [1.29, 1.82) is 0 Å². The summed E-state index contributed by atoms with van der Waals surface area (Å²) in [6, 6.07) is -5.85.